The Morgan fingerprint density at radius 1 is 1.22 bits per heavy atom. The zero-order valence-corrected chi connectivity index (χ0v) is 14.3. The molecule has 2 rings (SSSR count). The molecule has 0 unspecified atom stereocenters. The predicted octanol–water partition coefficient (Wildman–Crippen LogP) is 4.71. The van der Waals surface area contributed by atoms with Crippen LogP contribution in [0.2, 0.25) is 5.02 Å². The molecule has 0 bridgehead atoms. The average molecular weight is 332 g/mol. The van der Waals surface area contributed by atoms with Crippen LogP contribution in [0.3, 0.4) is 0 Å². The smallest absolute Gasteiger partial charge is 0.251 e. The van der Waals surface area contributed by atoms with Gasteiger partial charge in [-0.25, -0.2) is 4.98 Å². The van der Waals surface area contributed by atoms with Crippen LogP contribution in [-0.2, 0) is 0 Å². The SMILES string of the molecule is CCCCCNC(=O)c1ccnc(Nc2ccc(C)c(Cl)c2)c1. The molecule has 1 amide bonds. The first-order chi connectivity index (χ1) is 11.1. The molecule has 0 saturated carbocycles. The van der Waals surface area contributed by atoms with E-state index in [4.69, 9.17) is 11.6 Å². The number of nitrogens with zero attached hydrogens (tertiary/aromatic N) is 1. The highest BCUT2D eigenvalue weighted by Gasteiger charge is 2.07. The molecular formula is C18H22ClN3O. The van der Waals surface area contributed by atoms with Crippen molar-refractivity contribution in [3.05, 3.63) is 52.7 Å². The molecule has 1 aromatic carbocycles. The minimum atomic E-state index is -0.0755. The Kier molecular flexibility index (Phi) is 6.41. The van der Waals surface area contributed by atoms with E-state index in [2.05, 4.69) is 22.5 Å². The Balaban J connectivity index is 2.01. The lowest BCUT2D eigenvalue weighted by atomic mass is 10.2. The number of amides is 1. The molecule has 1 heterocycles. The van der Waals surface area contributed by atoms with Gasteiger partial charge in [0.25, 0.3) is 5.91 Å². The highest BCUT2D eigenvalue weighted by molar-refractivity contribution is 6.31. The number of halogens is 1. The highest BCUT2D eigenvalue weighted by atomic mass is 35.5. The molecule has 0 radical (unpaired) electrons. The van der Waals surface area contributed by atoms with E-state index < -0.39 is 0 Å². The van der Waals surface area contributed by atoms with Gasteiger partial charge in [-0.1, -0.05) is 37.4 Å². The molecule has 0 aliphatic heterocycles. The zero-order valence-electron chi connectivity index (χ0n) is 13.5. The summed E-state index contributed by atoms with van der Waals surface area (Å²) in [5.41, 5.74) is 2.45. The van der Waals surface area contributed by atoms with E-state index >= 15 is 0 Å². The Hall–Kier alpha value is -2.07. The van der Waals surface area contributed by atoms with Gasteiger partial charge in [-0.2, -0.15) is 0 Å². The molecule has 23 heavy (non-hydrogen) atoms. The molecule has 1 aromatic heterocycles. The largest absolute Gasteiger partial charge is 0.352 e. The molecule has 0 saturated heterocycles. The lowest BCUT2D eigenvalue weighted by Crippen LogP contribution is -2.24. The van der Waals surface area contributed by atoms with Crippen LogP contribution in [0.25, 0.3) is 0 Å². The fraction of sp³-hybridized carbons (Fsp3) is 0.333. The maximum Gasteiger partial charge on any atom is 0.251 e. The number of rotatable bonds is 7. The molecule has 4 nitrogen and oxygen atoms in total. The van der Waals surface area contributed by atoms with E-state index in [0.29, 0.717) is 22.9 Å². The van der Waals surface area contributed by atoms with E-state index in [0.717, 1.165) is 30.5 Å². The average Bonchev–Trinajstić information content (AvgIpc) is 2.55. The summed E-state index contributed by atoms with van der Waals surface area (Å²) in [6, 6.07) is 9.16. The first-order valence-electron chi connectivity index (χ1n) is 7.87. The zero-order chi connectivity index (χ0) is 16.7. The number of pyridine rings is 1. The summed E-state index contributed by atoms with van der Waals surface area (Å²) in [6.45, 7) is 4.79. The molecule has 2 N–H and O–H groups in total. The van der Waals surface area contributed by atoms with E-state index in [1.54, 1.807) is 18.3 Å². The number of nitrogens with one attached hydrogen (secondary N) is 2. The predicted molar refractivity (Wildman–Crippen MR) is 95.6 cm³/mol. The molecule has 0 spiro atoms. The number of anilines is 2. The van der Waals surface area contributed by atoms with Crippen molar-refractivity contribution in [3.8, 4) is 0 Å². The van der Waals surface area contributed by atoms with Crippen LogP contribution >= 0.6 is 11.6 Å². The minimum absolute atomic E-state index is 0.0755. The number of aromatic nitrogens is 1. The van der Waals surface area contributed by atoms with Crippen LogP contribution in [0, 0.1) is 6.92 Å². The number of aryl methyl sites for hydroxylation is 1. The van der Waals surface area contributed by atoms with Gasteiger partial charge in [0.05, 0.1) is 0 Å². The van der Waals surface area contributed by atoms with Crippen molar-refractivity contribution in [3.63, 3.8) is 0 Å². The van der Waals surface area contributed by atoms with Gasteiger partial charge in [0.2, 0.25) is 0 Å². The lowest BCUT2D eigenvalue weighted by Gasteiger charge is -2.09. The summed E-state index contributed by atoms with van der Waals surface area (Å²) in [6.07, 6.45) is 4.88. The molecule has 2 aromatic rings. The second-order valence-electron chi connectivity index (χ2n) is 5.48. The topological polar surface area (TPSA) is 54.0 Å². The van der Waals surface area contributed by atoms with Crippen LogP contribution in [-0.4, -0.2) is 17.4 Å². The molecule has 0 aliphatic rings. The number of unbranched alkanes of at least 4 members (excludes halogenated alkanes) is 2. The molecule has 122 valence electrons. The Labute approximate surface area is 142 Å². The van der Waals surface area contributed by atoms with Gasteiger partial charge >= 0.3 is 0 Å². The van der Waals surface area contributed by atoms with Crippen LogP contribution in [0.5, 0.6) is 0 Å². The number of hydrogen-bond donors (Lipinski definition) is 2. The van der Waals surface area contributed by atoms with Gasteiger partial charge in [-0.3, -0.25) is 4.79 Å². The Bertz CT molecular complexity index is 673. The number of carbonyl (C=O) groups excluding carboxylic acids is 1. The number of hydrogen-bond acceptors (Lipinski definition) is 3. The van der Waals surface area contributed by atoms with E-state index in [9.17, 15) is 4.79 Å². The summed E-state index contributed by atoms with van der Waals surface area (Å²) < 4.78 is 0. The van der Waals surface area contributed by atoms with Crippen molar-refractivity contribution < 1.29 is 4.79 Å². The third-order valence-electron chi connectivity index (χ3n) is 3.53. The first-order valence-corrected chi connectivity index (χ1v) is 8.25. The van der Waals surface area contributed by atoms with Crippen molar-refractivity contribution in [2.24, 2.45) is 0 Å². The van der Waals surface area contributed by atoms with Gasteiger partial charge in [-0.05, 0) is 43.2 Å². The van der Waals surface area contributed by atoms with Gasteiger partial charge in [0.15, 0.2) is 0 Å². The van der Waals surface area contributed by atoms with Crippen molar-refractivity contribution >= 4 is 29.0 Å². The second-order valence-corrected chi connectivity index (χ2v) is 5.89. The van der Waals surface area contributed by atoms with E-state index in [1.807, 2.05) is 25.1 Å². The second kappa shape index (κ2) is 8.53. The fourth-order valence-electron chi connectivity index (χ4n) is 2.14. The molecule has 5 heteroatoms. The van der Waals surface area contributed by atoms with Gasteiger partial charge in [0.1, 0.15) is 5.82 Å². The third-order valence-corrected chi connectivity index (χ3v) is 3.94. The van der Waals surface area contributed by atoms with Crippen molar-refractivity contribution in [2.45, 2.75) is 33.1 Å². The summed E-state index contributed by atoms with van der Waals surface area (Å²) in [4.78, 5) is 16.4. The van der Waals surface area contributed by atoms with E-state index in [1.165, 1.54) is 0 Å². The van der Waals surface area contributed by atoms with Gasteiger partial charge in [0, 0.05) is 29.0 Å². The van der Waals surface area contributed by atoms with Crippen LogP contribution in [0.4, 0.5) is 11.5 Å². The monoisotopic (exact) mass is 331 g/mol. The third kappa shape index (κ3) is 5.25. The van der Waals surface area contributed by atoms with Crippen LogP contribution in [0.1, 0.15) is 42.1 Å². The fourth-order valence-corrected chi connectivity index (χ4v) is 2.32. The van der Waals surface area contributed by atoms with Crippen molar-refractivity contribution in [1.29, 1.82) is 0 Å². The Morgan fingerprint density at radius 3 is 2.78 bits per heavy atom. The molecular weight excluding hydrogens is 310 g/mol. The maximum absolute atomic E-state index is 12.1. The van der Waals surface area contributed by atoms with Crippen molar-refractivity contribution in [1.82, 2.24) is 10.3 Å². The maximum atomic E-state index is 12.1. The van der Waals surface area contributed by atoms with Gasteiger partial charge < -0.3 is 10.6 Å². The van der Waals surface area contributed by atoms with Crippen LogP contribution < -0.4 is 10.6 Å². The molecule has 0 aliphatic carbocycles. The minimum Gasteiger partial charge on any atom is -0.352 e. The normalized spacial score (nSPS) is 10.4. The Morgan fingerprint density at radius 2 is 2.04 bits per heavy atom. The lowest BCUT2D eigenvalue weighted by molar-refractivity contribution is 0.0953. The van der Waals surface area contributed by atoms with Crippen molar-refractivity contribution in [2.75, 3.05) is 11.9 Å². The summed E-state index contributed by atoms with van der Waals surface area (Å²) >= 11 is 6.12. The molecule has 0 atom stereocenters. The highest BCUT2D eigenvalue weighted by Crippen LogP contribution is 2.22. The standard InChI is InChI=1S/C18H22ClN3O/c1-3-4-5-9-21-18(23)14-8-10-20-17(11-14)22-15-7-6-13(2)16(19)12-15/h6-8,10-12H,3-5,9H2,1-2H3,(H,20,22)(H,21,23). The van der Waals surface area contributed by atoms with Gasteiger partial charge in [-0.15, -0.1) is 0 Å². The number of carbonyl (C=O) groups is 1. The first kappa shape index (κ1) is 17.3. The number of benzene rings is 1. The van der Waals surface area contributed by atoms with Crippen LogP contribution in [0.15, 0.2) is 36.5 Å². The summed E-state index contributed by atoms with van der Waals surface area (Å²) in [5, 5.41) is 6.79. The van der Waals surface area contributed by atoms with E-state index in [-0.39, 0.29) is 5.91 Å². The quantitative estimate of drug-likeness (QED) is 0.722. The summed E-state index contributed by atoms with van der Waals surface area (Å²) in [7, 11) is 0. The summed E-state index contributed by atoms with van der Waals surface area (Å²) in [5.74, 6) is 0.541. The molecule has 0 fully saturated rings.